The largest absolute Gasteiger partial charge is 0.374 e. The maximum atomic E-state index is 8.93. The van der Waals surface area contributed by atoms with Gasteiger partial charge in [-0.1, -0.05) is 18.2 Å². The van der Waals surface area contributed by atoms with Gasteiger partial charge in [-0.2, -0.15) is 5.26 Å². The van der Waals surface area contributed by atoms with Gasteiger partial charge in [0.1, 0.15) is 0 Å². The lowest BCUT2D eigenvalue weighted by atomic mass is 10.1. The second-order valence-corrected chi connectivity index (χ2v) is 3.98. The predicted molar refractivity (Wildman–Crippen MR) is 63.4 cm³/mol. The second kappa shape index (κ2) is 6.36. The summed E-state index contributed by atoms with van der Waals surface area (Å²) >= 11 is 0. The van der Waals surface area contributed by atoms with E-state index in [2.05, 4.69) is 11.4 Å². The van der Waals surface area contributed by atoms with Crippen molar-refractivity contribution in [2.45, 2.75) is 12.7 Å². The Balaban J connectivity index is 1.79. The first-order valence-electron chi connectivity index (χ1n) is 5.78. The van der Waals surface area contributed by atoms with Gasteiger partial charge in [-0.15, -0.1) is 0 Å². The fourth-order valence-electron chi connectivity index (χ4n) is 1.78. The SMILES string of the molecule is N#Cc1ccccc1COCC1CNCCO1. The van der Waals surface area contributed by atoms with Crippen LogP contribution in [-0.4, -0.2) is 32.4 Å². The molecule has 2 rings (SSSR count). The Bertz CT molecular complexity index is 395. The molecular formula is C13H16N2O2. The van der Waals surface area contributed by atoms with Crippen molar-refractivity contribution in [3.05, 3.63) is 35.4 Å². The summed E-state index contributed by atoms with van der Waals surface area (Å²) in [6, 6.07) is 9.65. The fourth-order valence-corrected chi connectivity index (χ4v) is 1.78. The molecule has 1 atom stereocenters. The molecule has 0 radical (unpaired) electrons. The van der Waals surface area contributed by atoms with Gasteiger partial charge < -0.3 is 14.8 Å². The highest BCUT2D eigenvalue weighted by atomic mass is 16.5. The number of rotatable bonds is 4. The molecule has 0 aliphatic carbocycles. The number of morpholine rings is 1. The highest BCUT2D eigenvalue weighted by Gasteiger charge is 2.13. The van der Waals surface area contributed by atoms with Crippen LogP contribution in [-0.2, 0) is 16.1 Å². The Labute approximate surface area is 101 Å². The highest BCUT2D eigenvalue weighted by molar-refractivity contribution is 5.36. The molecule has 90 valence electrons. The van der Waals surface area contributed by atoms with Crippen LogP contribution in [0.3, 0.4) is 0 Å². The topological polar surface area (TPSA) is 54.3 Å². The molecule has 1 unspecified atom stereocenters. The van der Waals surface area contributed by atoms with E-state index in [-0.39, 0.29) is 6.10 Å². The summed E-state index contributed by atoms with van der Waals surface area (Å²) in [5, 5.41) is 12.2. The summed E-state index contributed by atoms with van der Waals surface area (Å²) in [5.41, 5.74) is 1.61. The monoisotopic (exact) mass is 232 g/mol. The van der Waals surface area contributed by atoms with E-state index < -0.39 is 0 Å². The van der Waals surface area contributed by atoms with E-state index in [0.29, 0.717) is 18.8 Å². The Morgan fingerprint density at radius 3 is 3.12 bits per heavy atom. The third-order valence-corrected chi connectivity index (χ3v) is 2.70. The molecule has 1 aliphatic rings. The minimum Gasteiger partial charge on any atom is -0.374 e. The van der Waals surface area contributed by atoms with Gasteiger partial charge in [-0.25, -0.2) is 0 Å². The molecular weight excluding hydrogens is 216 g/mol. The van der Waals surface area contributed by atoms with Crippen LogP contribution < -0.4 is 5.32 Å². The minimum atomic E-state index is 0.123. The molecule has 1 fully saturated rings. The number of hydrogen-bond donors (Lipinski definition) is 1. The molecule has 1 saturated heterocycles. The average Bonchev–Trinajstić information content (AvgIpc) is 2.40. The van der Waals surface area contributed by atoms with E-state index in [0.717, 1.165) is 25.3 Å². The van der Waals surface area contributed by atoms with Crippen molar-refractivity contribution in [2.75, 3.05) is 26.3 Å². The molecule has 0 amide bonds. The van der Waals surface area contributed by atoms with Crippen LogP contribution >= 0.6 is 0 Å². The normalized spacial score (nSPS) is 19.8. The lowest BCUT2D eigenvalue weighted by Gasteiger charge is -2.23. The predicted octanol–water partition coefficient (Wildman–Crippen LogP) is 1.06. The Kier molecular flexibility index (Phi) is 4.51. The molecule has 1 heterocycles. The maximum Gasteiger partial charge on any atom is 0.0995 e. The Morgan fingerprint density at radius 2 is 2.35 bits per heavy atom. The summed E-state index contributed by atoms with van der Waals surface area (Å²) in [6.07, 6.45) is 0.123. The maximum absolute atomic E-state index is 8.93. The molecule has 17 heavy (non-hydrogen) atoms. The second-order valence-electron chi connectivity index (χ2n) is 3.98. The molecule has 0 saturated carbocycles. The smallest absolute Gasteiger partial charge is 0.0995 e. The Hall–Kier alpha value is -1.41. The van der Waals surface area contributed by atoms with Gasteiger partial charge >= 0.3 is 0 Å². The summed E-state index contributed by atoms with van der Waals surface area (Å²) in [4.78, 5) is 0. The van der Waals surface area contributed by atoms with E-state index in [1.165, 1.54) is 0 Å². The van der Waals surface area contributed by atoms with E-state index in [1.807, 2.05) is 18.2 Å². The van der Waals surface area contributed by atoms with Crippen LogP contribution in [0, 0.1) is 11.3 Å². The van der Waals surface area contributed by atoms with E-state index in [9.17, 15) is 0 Å². The van der Waals surface area contributed by atoms with Gasteiger partial charge in [-0.05, 0) is 11.6 Å². The van der Waals surface area contributed by atoms with Crippen molar-refractivity contribution in [3.8, 4) is 6.07 Å². The lowest BCUT2D eigenvalue weighted by Crippen LogP contribution is -2.40. The fraction of sp³-hybridized carbons (Fsp3) is 0.462. The van der Waals surface area contributed by atoms with Crippen LogP contribution in [0.15, 0.2) is 24.3 Å². The molecule has 4 nitrogen and oxygen atoms in total. The van der Waals surface area contributed by atoms with Gasteiger partial charge in [0, 0.05) is 13.1 Å². The zero-order valence-corrected chi connectivity index (χ0v) is 9.69. The third-order valence-electron chi connectivity index (χ3n) is 2.70. The van der Waals surface area contributed by atoms with Crippen LogP contribution in [0.4, 0.5) is 0 Å². The molecule has 0 aromatic heterocycles. The average molecular weight is 232 g/mol. The summed E-state index contributed by atoms with van der Waals surface area (Å²) in [5.74, 6) is 0. The van der Waals surface area contributed by atoms with Crippen LogP contribution in [0.2, 0.25) is 0 Å². The van der Waals surface area contributed by atoms with Crippen molar-refractivity contribution in [1.82, 2.24) is 5.32 Å². The zero-order chi connectivity index (χ0) is 11.9. The first-order valence-corrected chi connectivity index (χ1v) is 5.78. The molecule has 0 spiro atoms. The highest BCUT2D eigenvalue weighted by Crippen LogP contribution is 2.09. The van der Waals surface area contributed by atoms with Crippen molar-refractivity contribution in [1.29, 1.82) is 5.26 Å². The quantitative estimate of drug-likeness (QED) is 0.843. The van der Waals surface area contributed by atoms with Gasteiger partial charge in [0.05, 0.1) is 37.6 Å². The van der Waals surface area contributed by atoms with Crippen molar-refractivity contribution in [2.24, 2.45) is 0 Å². The molecule has 1 aromatic rings. The van der Waals surface area contributed by atoms with Crippen molar-refractivity contribution in [3.63, 3.8) is 0 Å². The van der Waals surface area contributed by atoms with E-state index in [4.69, 9.17) is 14.7 Å². The molecule has 1 N–H and O–H groups in total. The van der Waals surface area contributed by atoms with E-state index >= 15 is 0 Å². The van der Waals surface area contributed by atoms with Crippen molar-refractivity contribution < 1.29 is 9.47 Å². The zero-order valence-electron chi connectivity index (χ0n) is 9.69. The van der Waals surface area contributed by atoms with Gasteiger partial charge in [0.2, 0.25) is 0 Å². The first-order chi connectivity index (χ1) is 8.40. The number of benzene rings is 1. The first kappa shape index (κ1) is 12.1. The minimum absolute atomic E-state index is 0.123. The summed E-state index contributed by atoms with van der Waals surface area (Å²) in [6.45, 7) is 3.51. The van der Waals surface area contributed by atoms with Crippen LogP contribution in [0.25, 0.3) is 0 Å². The van der Waals surface area contributed by atoms with Gasteiger partial charge in [0.15, 0.2) is 0 Å². The van der Waals surface area contributed by atoms with Crippen LogP contribution in [0.1, 0.15) is 11.1 Å². The van der Waals surface area contributed by atoms with E-state index in [1.54, 1.807) is 6.07 Å². The van der Waals surface area contributed by atoms with Crippen LogP contribution in [0.5, 0.6) is 0 Å². The lowest BCUT2D eigenvalue weighted by molar-refractivity contribution is -0.0357. The number of ether oxygens (including phenoxy) is 2. The molecule has 1 aliphatic heterocycles. The Morgan fingerprint density at radius 1 is 1.47 bits per heavy atom. The number of nitriles is 1. The summed E-state index contributed by atoms with van der Waals surface area (Å²) in [7, 11) is 0. The van der Waals surface area contributed by atoms with Crippen molar-refractivity contribution >= 4 is 0 Å². The molecule has 0 bridgehead atoms. The number of nitrogens with zero attached hydrogens (tertiary/aromatic N) is 1. The molecule has 4 heteroatoms. The van der Waals surface area contributed by atoms with Gasteiger partial charge in [0.25, 0.3) is 0 Å². The number of nitrogens with one attached hydrogen (secondary N) is 1. The summed E-state index contributed by atoms with van der Waals surface area (Å²) < 4.78 is 11.1. The standard InChI is InChI=1S/C13H16N2O2/c14-7-11-3-1-2-4-12(11)9-16-10-13-8-15-5-6-17-13/h1-4,13,15H,5-6,8-10H2. The third kappa shape index (κ3) is 3.53. The van der Waals surface area contributed by atoms with Gasteiger partial charge in [-0.3, -0.25) is 0 Å². The molecule has 1 aromatic carbocycles. The number of hydrogen-bond acceptors (Lipinski definition) is 4.